The van der Waals surface area contributed by atoms with Crippen LogP contribution in [0, 0.1) is 15.9 Å². The smallest absolute Gasteiger partial charge is 0.313 e. The molecule has 2 radical (unpaired) electrons. The maximum atomic E-state index is 12.7. The van der Waals surface area contributed by atoms with Crippen molar-refractivity contribution in [2.24, 2.45) is 0 Å². The lowest BCUT2D eigenvalue weighted by Crippen LogP contribution is -2.10. The van der Waals surface area contributed by atoms with E-state index in [2.05, 4.69) is 4.74 Å². The number of ether oxygens (including phenoxy) is 1. The highest BCUT2D eigenvalue weighted by Gasteiger charge is 2.17. The first-order valence-corrected chi connectivity index (χ1v) is 3.33. The van der Waals surface area contributed by atoms with Crippen LogP contribution in [0.4, 0.5) is 10.1 Å². The minimum atomic E-state index is -0.759. The molecule has 0 aromatic heterocycles. The second-order valence-electron chi connectivity index (χ2n) is 2.30. The van der Waals surface area contributed by atoms with Crippen molar-refractivity contribution in [3.63, 3.8) is 0 Å². The topological polar surface area (TPSA) is 52.4 Å². The molecule has 0 fully saturated rings. The summed E-state index contributed by atoms with van der Waals surface area (Å²) in [6.45, 7) is 0. The van der Waals surface area contributed by atoms with E-state index in [9.17, 15) is 14.5 Å². The molecule has 0 N–H and O–H groups in total. The first-order valence-electron chi connectivity index (χ1n) is 3.33. The van der Waals surface area contributed by atoms with Crippen LogP contribution in [0.1, 0.15) is 0 Å². The van der Waals surface area contributed by atoms with Gasteiger partial charge in [0.05, 0.1) is 18.1 Å². The fraction of sp³-hybridized carbons (Fsp3) is 0.143. The number of halogens is 1. The van der Waals surface area contributed by atoms with Gasteiger partial charge in [-0.25, -0.2) is 4.39 Å². The average molecular weight is 181 g/mol. The molecule has 4 nitrogen and oxygen atoms in total. The zero-order valence-corrected chi connectivity index (χ0v) is 6.78. The van der Waals surface area contributed by atoms with Gasteiger partial charge >= 0.3 is 5.69 Å². The number of rotatable bonds is 2. The summed E-state index contributed by atoms with van der Waals surface area (Å²) < 4.78 is 17.3. The Morgan fingerprint density at radius 1 is 1.62 bits per heavy atom. The van der Waals surface area contributed by atoms with Gasteiger partial charge < -0.3 is 4.74 Å². The normalized spacial score (nSPS) is 9.69. The zero-order chi connectivity index (χ0) is 10.0. The third kappa shape index (κ3) is 1.77. The van der Waals surface area contributed by atoms with E-state index < -0.39 is 16.4 Å². The predicted octanol–water partition coefficient (Wildman–Crippen LogP) is 0.536. The van der Waals surface area contributed by atoms with Gasteiger partial charge in [0.15, 0.2) is 5.75 Å². The lowest BCUT2D eigenvalue weighted by atomic mass is 9.94. The van der Waals surface area contributed by atoms with Gasteiger partial charge in [0.25, 0.3) is 0 Å². The van der Waals surface area contributed by atoms with E-state index in [0.29, 0.717) is 0 Å². The van der Waals surface area contributed by atoms with Crippen LogP contribution in [-0.4, -0.2) is 19.9 Å². The van der Waals surface area contributed by atoms with Gasteiger partial charge in [0.2, 0.25) is 0 Å². The largest absolute Gasteiger partial charge is 0.491 e. The Morgan fingerprint density at radius 3 is 2.69 bits per heavy atom. The van der Waals surface area contributed by atoms with Crippen LogP contribution in [0.25, 0.3) is 0 Å². The maximum Gasteiger partial charge on any atom is 0.313 e. The summed E-state index contributed by atoms with van der Waals surface area (Å²) in [6.07, 6.45) is 0. The Bertz CT molecular complexity index is 356. The summed E-state index contributed by atoms with van der Waals surface area (Å²) in [5.74, 6) is -0.878. The molecule has 0 aliphatic rings. The molecule has 1 aromatic rings. The van der Waals surface area contributed by atoms with E-state index in [0.717, 1.165) is 12.1 Å². The second kappa shape index (κ2) is 3.43. The third-order valence-electron chi connectivity index (χ3n) is 1.46. The molecule has 0 bridgehead atoms. The minimum absolute atomic E-state index is 0.0887. The second-order valence-corrected chi connectivity index (χ2v) is 2.30. The van der Waals surface area contributed by atoms with Crippen LogP contribution in [0.15, 0.2) is 12.1 Å². The summed E-state index contributed by atoms with van der Waals surface area (Å²) in [6, 6.07) is 1.72. The van der Waals surface area contributed by atoms with E-state index in [1.54, 1.807) is 0 Å². The molecular weight excluding hydrogens is 176 g/mol. The van der Waals surface area contributed by atoms with Gasteiger partial charge in [-0.2, -0.15) is 0 Å². The molecule has 6 heteroatoms. The number of nitro benzene ring substituents is 1. The van der Waals surface area contributed by atoms with Crippen molar-refractivity contribution in [1.29, 1.82) is 0 Å². The first kappa shape index (κ1) is 9.50. The highest BCUT2D eigenvalue weighted by Crippen LogP contribution is 2.24. The highest BCUT2D eigenvalue weighted by atomic mass is 19.1. The van der Waals surface area contributed by atoms with Gasteiger partial charge in [-0.3, -0.25) is 10.1 Å². The molecule has 0 aliphatic heterocycles. The molecule has 0 heterocycles. The molecule has 1 rings (SSSR count). The standard InChI is InChI=1S/C7H5BFNO3/c1-13-7-5(8)2-4(9)3-6(7)10(11)12/h2-3H,1H3. The predicted molar refractivity (Wildman–Crippen MR) is 45.0 cm³/mol. The number of hydrogen-bond acceptors (Lipinski definition) is 3. The maximum absolute atomic E-state index is 12.7. The number of methoxy groups -OCH3 is 1. The van der Waals surface area contributed by atoms with E-state index in [1.807, 2.05) is 0 Å². The van der Waals surface area contributed by atoms with Gasteiger partial charge in [-0.05, 0) is 11.5 Å². The van der Waals surface area contributed by atoms with Gasteiger partial charge in [0.1, 0.15) is 13.7 Å². The van der Waals surface area contributed by atoms with Crippen molar-refractivity contribution in [3.05, 3.63) is 28.1 Å². The number of nitro groups is 1. The molecule has 0 spiro atoms. The van der Waals surface area contributed by atoms with Crippen LogP contribution in [-0.2, 0) is 0 Å². The lowest BCUT2D eigenvalue weighted by Gasteiger charge is -2.04. The Morgan fingerprint density at radius 2 is 2.23 bits per heavy atom. The minimum Gasteiger partial charge on any atom is -0.491 e. The quantitative estimate of drug-likeness (QED) is 0.380. The monoisotopic (exact) mass is 181 g/mol. The molecule has 0 amide bonds. The fourth-order valence-corrected chi connectivity index (χ4v) is 0.958. The van der Waals surface area contributed by atoms with Crippen molar-refractivity contribution in [2.75, 3.05) is 7.11 Å². The molecule has 0 aliphatic carbocycles. The molecule has 0 saturated heterocycles. The van der Waals surface area contributed by atoms with Crippen molar-refractivity contribution in [2.45, 2.75) is 0 Å². The summed E-state index contributed by atoms with van der Waals surface area (Å²) in [7, 11) is 6.53. The van der Waals surface area contributed by atoms with Crippen molar-refractivity contribution >= 4 is 19.0 Å². The molecule has 66 valence electrons. The van der Waals surface area contributed by atoms with E-state index in [4.69, 9.17) is 7.85 Å². The molecular formula is C7H5BFNO3. The molecule has 0 unspecified atom stereocenters. The summed E-state index contributed by atoms with van der Waals surface area (Å²) >= 11 is 0. The zero-order valence-electron chi connectivity index (χ0n) is 6.78. The Kier molecular flexibility index (Phi) is 2.50. The lowest BCUT2D eigenvalue weighted by molar-refractivity contribution is -0.385. The van der Waals surface area contributed by atoms with E-state index in [1.165, 1.54) is 7.11 Å². The van der Waals surface area contributed by atoms with Crippen LogP contribution in [0.5, 0.6) is 5.75 Å². The Balaban J connectivity index is 3.38. The fourth-order valence-electron chi connectivity index (χ4n) is 0.958. The van der Waals surface area contributed by atoms with Gasteiger partial charge in [-0.15, -0.1) is 0 Å². The SMILES string of the molecule is [B]c1cc(F)cc([N+](=O)[O-])c1OC. The number of nitrogens with zero attached hydrogens (tertiary/aromatic N) is 1. The highest BCUT2D eigenvalue weighted by molar-refractivity contribution is 6.34. The van der Waals surface area contributed by atoms with Crippen LogP contribution >= 0.6 is 0 Å². The summed E-state index contributed by atoms with van der Waals surface area (Å²) in [4.78, 5) is 9.64. The van der Waals surface area contributed by atoms with Crippen LogP contribution in [0.3, 0.4) is 0 Å². The average Bonchev–Trinajstić information content (AvgIpc) is 2.02. The van der Waals surface area contributed by atoms with E-state index >= 15 is 0 Å². The van der Waals surface area contributed by atoms with Crippen LogP contribution in [0.2, 0.25) is 0 Å². The summed E-state index contributed by atoms with van der Waals surface area (Å²) in [5.41, 5.74) is -0.561. The van der Waals surface area contributed by atoms with Crippen molar-refractivity contribution < 1.29 is 14.1 Å². The molecule has 1 aromatic carbocycles. The number of hydrogen-bond donors (Lipinski definition) is 0. The first-order chi connectivity index (χ1) is 6.06. The molecule has 0 saturated carbocycles. The summed E-state index contributed by atoms with van der Waals surface area (Å²) in [5, 5.41) is 10.4. The Labute approximate surface area is 74.9 Å². The number of benzene rings is 1. The van der Waals surface area contributed by atoms with Crippen molar-refractivity contribution in [3.8, 4) is 5.75 Å². The van der Waals surface area contributed by atoms with E-state index in [-0.39, 0.29) is 11.2 Å². The van der Waals surface area contributed by atoms with Crippen LogP contribution < -0.4 is 10.2 Å². The van der Waals surface area contributed by atoms with Gasteiger partial charge in [-0.1, -0.05) is 0 Å². The molecule has 0 atom stereocenters. The van der Waals surface area contributed by atoms with Gasteiger partial charge in [0, 0.05) is 0 Å². The molecule has 13 heavy (non-hydrogen) atoms. The van der Waals surface area contributed by atoms with Crippen molar-refractivity contribution in [1.82, 2.24) is 0 Å². The third-order valence-corrected chi connectivity index (χ3v) is 1.46. The Hall–Kier alpha value is -1.59.